The molecule has 0 aliphatic heterocycles. The molecule has 0 bridgehead atoms. The maximum absolute atomic E-state index is 13.0. The van der Waals surface area contributed by atoms with Gasteiger partial charge in [0.25, 0.3) is 0 Å². The second kappa shape index (κ2) is 6.50. The van der Waals surface area contributed by atoms with Crippen molar-refractivity contribution in [2.75, 3.05) is 0 Å². The van der Waals surface area contributed by atoms with E-state index < -0.39 is 0 Å². The number of aryl methyl sites for hydroxylation is 2. The summed E-state index contributed by atoms with van der Waals surface area (Å²) < 4.78 is 14.8. The number of halogens is 1. The second-order valence-electron chi connectivity index (χ2n) is 5.53. The van der Waals surface area contributed by atoms with Crippen LogP contribution in [0.4, 0.5) is 4.39 Å². The van der Waals surface area contributed by atoms with Gasteiger partial charge in [-0.05, 0) is 72.2 Å². The molecule has 0 aliphatic carbocycles. The lowest BCUT2D eigenvalue weighted by Crippen LogP contribution is -2.01. The molecule has 1 heterocycles. The highest BCUT2D eigenvalue weighted by molar-refractivity contribution is 7.99. The largest absolute Gasteiger partial charge is 0.214 e. The summed E-state index contributed by atoms with van der Waals surface area (Å²) in [5, 5.41) is 12.9. The van der Waals surface area contributed by atoms with Crippen LogP contribution in [-0.4, -0.2) is 20.2 Å². The molecule has 0 spiro atoms. The van der Waals surface area contributed by atoms with Crippen LogP contribution in [0.25, 0.3) is 5.69 Å². The zero-order valence-electron chi connectivity index (χ0n) is 13.2. The molecule has 6 heteroatoms. The zero-order valence-corrected chi connectivity index (χ0v) is 14.0. The first-order valence-electron chi connectivity index (χ1n) is 7.32. The van der Waals surface area contributed by atoms with Gasteiger partial charge in [-0.3, -0.25) is 0 Å². The standard InChI is InChI=1S/C17H17FN4S/c1-11-8-12(2)10-16(9-11)22-17(19-20-21-22)23-13(3)14-4-6-15(18)7-5-14/h4-10,13H,1-3H3/t13-/m0/s1. The Labute approximate surface area is 138 Å². The van der Waals surface area contributed by atoms with E-state index in [1.165, 1.54) is 12.1 Å². The third-order valence-corrected chi connectivity index (χ3v) is 4.60. The van der Waals surface area contributed by atoms with E-state index in [0.717, 1.165) is 22.4 Å². The van der Waals surface area contributed by atoms with Gasteiger partial charge in [0, 0.05) is 5.25 Å². The number of nitrogens with zero attached hydrogens (tertiary/aromatic N) is 4. The van der Waals surface area contributed by atoms with Gasteiger partial charge in [0.2, 0.25) is 5.16 Å². The molecule has 3 aromatic rings. The average Bonchev–Trinajstić information content (AvgIpc) is 2.95. The van der Waals surface area contributed by atoms with E-state index in [9.17, 15) is 4.39 Å². The topological polar surface area (TPSA) is 43.6 Å². The minimum atomic E-state index is -0.231. The van der Waals surface area contributed by atoms with Gasteiger partial charge < -0.3 is 0 Å². The molecular weight excluding hydrogens is 311 g/mol. The summed E-state index contributed by atoms with van der Waals surface area (Å²) in [5.41, 5.74) is 4.31. The summed E-state index contributed by atoms with van der Waals surface area (Å²) in [5.74, 6) is -0.231. The quantitative estimate of drug-likeness (QED) is 0.671. The molecule has 0 saturated carbocycles. The van der Waals surface area contributed by atoms with Crippen LogP contribution in [0.15, 0.2) is 47.6 Å². The maximum Gasteiger partial charge on any atom is 0.214 e. The van der Waals surface area contributed by atoms with Gasteiger partial charge in [-0.25, -0.2) is 4.39 Å². The number of benzene rings is 2. The first-order chi connectivity index (χ1) is 11.0. The van der Waals surface area contributed by atoms with Crippen molar-refractivity contribution >= 4 is 11.8 Å². The van der Waals surface area contributed by atoms with Gasteiger partial charge in [0.05, 0.1) is 5.69 Å². The monoisotopic (exact) mass is 328 g/mol. The molecule has 1 atom stereocenters. The van der Waals surface area contributed by atoms with Gasteiger partial charge in [-0.2, -0.15) is 4.68 Å². The fourth-order valence-electron chi connectivity index (χ4n) is 2.45. The Balaban J connectivity index is 1.87. The molecule has 118 valence electrons. The zero-order chi connectivity index (χ0) is 16.4. The van der Waals surface area contributed by atoms with E-state index >= 15 is 0 Å². The molecule has 4 nitrogen and oxygen atoms in total. The summed E-state index contributed by atoms with van der Waals surface area (Å²) >= 11 is 1.55. The molecule has 0 N–H and O–H groups in total. The van der Waals surface area contributed by atoms with Crippen LogP contribution in [0.3, 0.4) is 0 Å². The van der Waals surface area contributed by atoms with Crippen LogP contribution in [0.1, 0.15) is 28.9 Å². The number of hydrogen-bond acceptors (Lipinski definition) is 4. The predicted octanol–water partition coefficient (Wildman–Crippen LogP) is 4.27. The summed E-state index contributed by atoms with van der Waals surface area (Å²) in [4.78, 5) is 0. The number of rotatable bonds is 4. The number of thioether (sulfide) groups is 1. The summed E-state index contributed by atoms with van der Waals surface area (Å²) in [6.07, 6.45) is 0. The second-order valence-corrected chi connectivity index (χ2v) is 6.84. The van der Waals surface area contributed by atoms with Crippen molar-refractivity contribution in [1.29, 1.82) is 0 Å². The van der Waals surface area contributed by atoms with E-state index in [2.05, 4.69) is 54.5 Å². The Hall–Kier alpha value is -2.21. The van der Waals surface area contributed by atoms with Crippen LogP contribution >= 0.6 is 11.8 Å². The Morgan fingerprint density at radius 1 is 1.04 bits per heavy atom. The molecule has 3 rings (SSSR count). The van der Waals surface area contributed by atoms with Crippen molar-refractivity contribution < 1.29 is 4.39 Å². The maximum atomic E-state index is 13.0. The fourth-order valence-corrected chi connectivity index (χ4v) is 3.38. The SMILES string of the molecule is Cc1cc(C)cc(-n2nnnc2S[C@@H](C)c2ccc(F)cc2)c1. The van der Waals surface area contributed by atoms with E-state index in [1.54, 1.807) is 28.6 Å². The molecule has 0 unspecified atom stereocenters. The molecular formula is C17H17FN4S. The lowest BCUT2D eigenvalue weighted by Gasteiger charge is -2.12. The van der Waals surface area contributed by atoms with Crippen molar-refractivity contribution in [3.05, 3.63) is 65.0 Å². The third-order valence-electron chi connectivity index (χ3n) is 3.51. The Kier molecular flexibility index (Phi) is 4.43. The van der Waals surface area contributed by atoms with Crippen LogP contribution in [0, 0.1) is 19.7 Å². The molecule has 0 radical (unpaired) electrons. The van der Waals surface area contributed by atoms with Gasteiger partial charge >= 0.3 is 0 Å². The van der Waals surface area contributed by atoms with Crippen LogP contribution in [-0.2, 0) is 0 Å². The normalized spacial score (nSPS) is 12.3. The number of tetrazole rings is 1. The van der Waals surface area contributed by atoms with E-state index in [1.807, 2.05) is 0 Å². The molecule has 1 aromatic heterocycles. The average molecular weight is 328 g/mol. The highest BCUT2D eigenvalue weighted by Gasteiger charge is 2.15. The lowest BCUT2D eigenvalue weighted by atomic mass is 10.1. The van der Waals surface area contributed by atoms with Crippen molar-refractivity contribution in [2.24, 2.45) is 0 Å². The van der Waals surface area contributed by atoms with Crippen LogP contribution in [0.5, 0.6) is 0 Å². The first-order valence-corrected chi connectivity index (χ1v) is 8.20. The van der Waals surface area contributed by atoms with E-state index in [4.69, 9.17) is 0 Å². The van der Waals surface area contributed by atoms with Gasteiger partial charge in [0.15, 0.2) is 0 Å². The molecule has 23 heavy (non-hydrogen) atoms. The van der Waals surface area contributed by atoms with Crippen molar-refractivity contribution in [3.8, 4) is 5.69 Å². The summed E-state index contributed by atoms with van der Waals surface area (Å²) in [7, 11) is 0. The van der Waals surface area contributed by atoms with Crippen LogP contribution < -0.4 is 0 Å². The molecule has 2 aromatic carbocycles. The number of aromatic nitrogens is 4. The van der Waals surface area contributed by atoms with E-state index in [-0.39, 0.29) is 11.1 Å². The molecule has 0 saturated heterocycles. The van der Waals surface area contributed by atoms with Crippen molar-refractivity contribution in [1.82, 2.24) is 20.2 Å². The van der Waals surface area contributed by atoms with Gasteiger partial charge in [-0.1, -0.05) is 30.0 Å². The smallest absolute Gasteiger partial charge is 0.207 e. The van der Waals surface area contributed by atoms with Crippen LogP contribution in [0.2, 0.25) is 0 Å². The molecule has 0 amide bonds. The number of hydrogen-bond donors (Lipinski definition) is 0. The Morgan fingerprint density at radius 2 is 1.70 bits per heavy atom. The predicted molar refractivity (Wildman–Crippen MR) is 89.3 cm³/mol. The van der Waals surface area contributed by atoms with Crippen molar-refractivity contribution in [2.45, 2.75) is 31.2 Å². The van der Waals surface area contributed by atoms with Gasteiger partial charge in [-0.15, -0.1) is 5.10 Å². The minimum Gasteiger partial charge on any atom is -0.207 e. The first kappa shape index (κ1) is 15.7. The van der Waals surface area contributed by atoms with Gasteiger partial charge in [0.1, 0.15) is 5.82 Å². The van der Waals surface area contributed by atoms with E-state index in [0.29, 0.717) is 5.16 Å². The molecule has 0 fully saturated rings. The Morgan fingerprint density at radius 3 is 2.35 bits per heavy atom. The lowest BCUT2D eigenvalue weighted by molar-refractivity contribution is 0.627. The Bertz CT molecular complexity index is 793. The summed E-state index contributed by atoms with van der Waals surface area (Å²) in [6.45, 7) is 6.15. The molecule has 0 aliphatic rings. The fraction of sp³-hybridized carbons (Fsp3) is 0.235. The minimum absolute atomic E-state index is 0.117. The third kappa shape index (κ3) is 3.59. The summed E-state index contributed by atoms with van der Waals surface area (Å²) in [6, 6.07) is 12.7. The van der Waals surface area contributed by atoms with Crippen molar-refractivity contribution in [3.63, 3.8) is 0 Å². The highest BCUT2D eigenvalue weighted by atomic mass is 32.2. The highest BCUT2D eigenvalue weighted by Crippen LogP contribution is 2.34.